The summed E-state index contributed by atoms with van der Waals surface area (Å²) in [6, 6.07) is 7.66. The molecular formula is C15H21ClN2O2. The van der Waals surface area contributed by atoms with E-state index in [2.05, 4.69) is 5.32 Å². The Morgan fingerprint density at radius 1 is 1.50 bits per heavy atom. The van der Waals surface area contributed by atoms with E-state index in [1.807, 2.05) is 36.2 Å². The van der Waals surface area contributed by atoms with Crippen molar-refractivity contribution >= 4 is 17.5 Å². The van der Waals surface area contributed by atoms with Crippen LogP contribution in [0.4, 0.5) is 0 Å². The monoisotopic (exact) mass is 296 g/mol. The van der Waals surface area contributed by atoms with Gasteiger partial charge in [-0.3, -0.25) is 4.79 Å². The first-order valence-electron chi connectivity index (χ1n) is 7.00. The molecule has 0 bridgehead atoms. The minimum atomic E-state index is -0.120. The second-order valence-corrected chi connectivity index (χ2v) is 5.34. The van der Waals surface area contributed by atoms with Gasteiger partial charge in [-0.25, -0.2) is 0 Å². The zero-order chi connectivity index (χ0) is 14.4. The van der Waals surface area contributed by atoms with Crippen LogP contribution in [0.25, 0.3) is 0 Å². The zero-order valence-corrected chi connectivity index (χ0v) is 12.5. The van der Waals surface area contributed by atoms with Crippen LogP contribution < -0.4 is 5.32 Å². The maximum atomic E-state index is 12.1. The lowest BCUT2D eigenvalue weighted by molar-refractivity contribution is -0.139. The molecule has 0 aliphatic carbocycles. The first-order valence-corrected chi connectivity index (χ1v) is 7.38. The summed E-state index contributed by atoms with van der Waals surface area (Å²) in [7, 11) is 1.90. The molecule has 1 unspecified atom stereocenters. The van der Waals surface area contributed by atoms with Crippen LogP contribution in [0.1, 0.15) is 24.5 Å². The van der Waals surface area contributed by atoms with Crippen LogP contribution in [0.15, 0.2) is 24.3 Å². The summed E-state index contributed by atoms with van der Waals surface area (Å²) < 4.78 is 5.76. The van der Waals surface area contributed by atoms with Crippen LogP contribution in [-0.2, 0) is 9.53 Å². The van der Waals surface area contributed by atoms with Crippen molar-refractivity contribution in [2.45, 2.75) is 18.9 Å². The van der Waals surface area contributed by atoms with Crippen LogP contribution >= 0.6 is 11.6 Å². The molecule has 0 saturated carbocycles. The van der Waals surface area contributed by atoms with Crippen LogP contribution in [0.5, 0.6) is 0 Å². The van der Waals surface area contributed by atoms with Gasteiger partial charge in [-0.2, -0.15) is 0 Å². The van der Waals surface area contributed by atoms with Crippen molar-refractivity contribution in [2.24, 2.45) is 0 Å². The fourth-order valence-corrected chi connectivity index (χ4v) is 2.63. The van der Waals surface area contributed by atoms with Crippen molar-refractivity contribution in [3.05, 3.63) is 34.9 Å². The number of benzene rings is 1. The Kier molecular flexibility index (Phi) is 5.83. The number of nitrogens with one attached hydrogen (secondary N) is 1. The number of morpholine rings is 1. The van der Waals surface area contributed by atoms with E-state index >= 15 is 0 Å². The van der Waals surface area contributed by atoms with Crippen molar-refractivity contribution in [1.82, 2.24) is 10.2 Å². The van der Waals surface area contributed by atoms with Crippen LogP contribution in [0.3, 0.4) is 0 Å². The van der Waals surface area contributed by atoms with Gasteiger partial charge < -0.3 is 15.0 Å². The molecule has 1 amide bonds. The van der Waals surface area contributed by atoms with Gasteiger partial charge in [-0.05, 0) is 26.1 Å². The standard InChI is InChI=1S/C15H21ClN2O2/c1-17-8-4-7-15(19)18-9-10-20-14(11-18)12-5-2-3-6-13(12)16/h2-3,5-6,14,17H,4,7-11H2,1H3. The normalized spacial score (nSPS) is 19.1. The van der Waals surface area contributed by atoms with Gasteiger partial charge >= 0.3 is 0 Å². The number of carbonyl (C=O) groups is 1. The average Bonchev–Trinajstić information content (AvgIpc) is 2.48. The van der Waals surface area contributed by atoms with Crippen molar-refractivity contribution in [1.29, 1.82) is 0 Å². The molecule has 1 aliphatic heterocycles. The van der Waals surface area contributed by atoms with E-state index in [4.69, 9.17) is 16.3 Å². The molecule has 1 aromatic carbocycles. The lowest BCUT2D eigenvalue weighted by Crippen LogP contribution is -2.42. The summed E-state index contributed by atoms with van der Waals surface area (Å²) in [4.78, 5) is 14.0. The number of ether oxygens (including phenoxy) is 1. The number of nitrogens with zero attached hydrogens (tertiary/aromatic N) is 1. The lowest BCUT2D eigenvalue weighted by atomic mass is 10.1. The third kappa shape index (κ3) is 3.95. The van der Waals surface area contributed by atoms with E-state index in [0.717, 1.165) is 18.5 Å². The first-order chi connectivity index (χ1) is 9.72. The minimum absolute atomic E-state index is 0.120. The van der Waals surface area contributed by atoms with Gasteiger partial charge in [0.25, 0.3) is 0 Å². The van der Waals surface area contributed by atoms with Gasteiger partial charge in [0.2, 0.25) is 5.91 Å². The number of carbonyl (C=O) groups excluding carboxylic acids is 1. The van der Waals surface area contributed by atoms with Crippen LogP contribution in [-0.4, -0.2) is 44.1 Å². The second-order valence-electron chi connectivity index (χ2n) is 4.93. The Balaban J connectivity index is 1.95. The summed E-state index contributed by atoms with van der Waals surface area (Å²) in [5.74, 6) is 0.195. The van der Waals surface area contributed by atoms with Crippen molar-refractivity contribution in [3.63, 3.8) is 0 Å². The van der Waals surface area contributed by atoms with Crippen LogP contribution in [0.2, 0.25) is 5.02 Å². The summed E-state index contributed by atoms with van der Waals surface area (Å²) >= 11 is 6.20. The molecule has 1 heterocycles. The van der Waals surface area contributed by atoms with Crippen molar-refractivity contribution < 1.29 is 9.53 Å². The highest BCUT2D eigenvalue weighted by molar-refractivity contribution is 6.31. The van der Waals surface area contributed by atoms with E-state index in [1.165, 1.54) is 0 Å². The van der Waals surface area contributed by atoms with E-state index in [-0.39, 0.29) is 12.0 Å². The van der Waals surface area contributed by atoms with Gasteiger partial charge in [0.05, 0.1) is 13.2 Å². The Hall–Kier alpha value is -1.10. The van der Waals surface area contributed by atoms with Gasteiger partial charge in [0, 0.05) is 23.6 Å². The fourth-order valence-electron chi connectivity index (χ4n) is 2.37. The first kappa shape index (κ1) is 15.3. The van der Waals surface area contributed by atoms with Crippen molar-refractivity contribution in [3.8, 4) is 0 Å². The maximum Gasteiger partial charge on any atom is 0.222 e. The van der Waals surface area contributed by atoms with Crippen molar-refractivity contribution in [2.75, 3.05) is 33.3 Å². The molecule has 0 radical (unpaired) electrons. The molecule has 20 heavy (non-hydrogen) atoms. The number of hydrogen-bond acceptors (Lipinski definition) is 3. The predicted octanol–water partition coefficient (Wildman–Crippen LogP) is 2.24. The predicted molar refractivity (Wildman–Crippen MR) is 79.9 cm³/mol. The molecular weight excluding hydrogens is 276 g/mol. The van der Waals surface area contributed by atoms with E-state index in [0.29, 0.717) is 31.1 Å². The second kappa shape index (κ2) is 7.62. The lowest BCUT2D eigenvalue weighted by Gasteiger charge is -2.33. The highest BCUT2D eigenvalue weighted by Crippen LogP contribution is 2.28. The Bertz CT molecular complexity index is 453. The van der Waals surface area contributed by atoms with Gasteiger partial charge in [0.15, 0.2) is 0 Å². The topological polar surface area (TPSA) is 41.6 Å². The molecule has 1 aromatic rings. The van der Waals surface area contributed by atoms with E-state index < -0.39 is 0 Å². The molecule has 110 valence electrons. The third-order valence-corrected chi connectivity index (χ3v) is 3.83. The average molecular weight is 297 g/mol. The van der Waals surface area contributed by atoms with E-state index in [1.54, 1.807) is 0 Å². The SMILES string of the molecule is CNCCCC(=O)N1CCOC(c2ccccc2Cl)C1. The molecule has 0 spiro atoms. The molecule has 1 fully saturated rings. The Labute approximate surface area is 125 Å². The quantitative estimate of drug-likeness (QED) is 0.847. The molecule has 1 atom stereocenters. The third-order valence-electron chi connectivity index (χ3n) is 3.49. The summed E-state index contributed by atoms with van der Waals surface area (Å²) in [5.41, 5.74) is 0.960. The number of halogens is 1. The molecule has 1 aliphatic rings. The van der Waals surface area contributed by atoms with E-state index in [9.17, 15) is 4.79 Å². The highest BCUT2D eigenvalue weighted by Gasteiger charge is 2.26. The zero-order valence-electron chi connectivity index (χ0n) is 11.8. The molecule has 1 N–H and O–H groups in total. The smallest absolute Gasteiger partial charge is 0.222 e. The van der Waals surface area contributed by atoms with Crippen LogP contribution in [0, 0.1) is 0 Å². The minimum Gasteiger partial charge on any atom is -0.370 e. The Morgan fingerprint density at radius 3 is 3.05 bits per heavy atom. The number of hydrogen-bond donors (Lipinski definition) is 1. The summed E-state index contributed by atoms with van der Waals surface area (Å²) in [5, 5.41) is 3.75. The molecule has 5 heteroatoms. The molecule has 1 saturated heterocycles. The maximum absolute atomic E-state index is 12.1. The summed E-state index contributed by atoms with van der Waals surface area (Å²) in [6.07, 6.45) is 1.32. The van der Waals surface area contributed by atoms with Gasteiger partial charge in [-0.15, -0.1) is 0 Å². The number of amides is 1. The Morgan fingerprint density at radius 2 is 2.30 bits per heavy atom. The van der Waals surface area contributed by atoms with Gasteiger partial charge in [0.1, 0.15) is 6.10 Å². The fraction of sp³-hybridized carbons (Fsp3) is 0.533. The molecule has 4 nitrogen and oxygen atoms in total. The molecule has 0 aromatic heterocycles. The van der Waals surface area contributed by atoms with Gasteiger partial charge in [-0.1, -0.05) is 29.8 Å². The summed E-state index contributed by atoms with van der Waals surface area (Å²) in [6.45, 7) is 2.68. The largest absolute Gasteiger partial charge is 0.370 e. The molecule has 2 rings (SSSR count). The number of rotatable bonds is 5. The highest BCUT2D eigenvalue weighted by atomic mass is 35.5.